The summed E-state index contributed by atoms with van der Waals surface area (Å²) in [5, 5.41) is 13.1. The lowest BCUT2D eigenvalue weighted by Crippen LogP contribution is -2.49. The number of thioether (sulfide) groups is 1. The molecule has 0 saturated carbocycles. The second-order valence-corrected chi connectivity index (χ2v) is 7.43. The SMILES string of the molecule is CCNC(=NCc1cccc(C#N)c1)N1CCSC(C(C)C)C1. The number of hydrogen-bond donors (Lipinski definition) is 1. The topological polar surface area (TPSA) is 51.4 Å². The first kappa shape index (κ1) is 17.7. The van der Waals surface area contributed by atoms with E-state index < -0.39 is 0 Å². The van der Waals surface area contributed by atoms with Crippen LogP contribution in [0.2, 0.25) is 0 Å². The number of benzene rings is 1. The van der Waals surface area contributed by atoms with E-state index in [4.69, 9.17) is 10.3 Å². The molecule has 1 unspecified atom stereocenters. The number of nitrogens with one attached hydrogen (secondary N) is 1. The van der Waals surface area contributed by atoms with Crippen molar-refractivity contribution < 1.29 is 0 Å². The fraction of sp³-hybridized carbons (Fsp3) is 0.556. The van der Waals surface area contributed by atoms with Gasteiger partial charge in [-0.3, -0.25) is 0 Å². The van der Waals surface area contributed by atoms with Crippen molar-refractivity contribution in [1.82, 2.24) is 10.2 Å². The summed E-state index contributed by atoms with van der Waals surface area (Å²) in [7, 11) is 0. The lowest BCUT2D eigenvalue weighted by molar-refractivity contribution is 0.381. The largest absolute Gasteiger partial charge is 0.357 e. The Morgan fingerprint density at radius 3 is 3.04 bits per heavy atom. The van der Waals surface area contributed by atoms with Gasteiger partial charge in [0.05, 0.1) is 18.2 Å². The molecule has 1 fully saturated rings. The molecule has 5 heteroatoms. The van der Waals surface area contributed by atoms with Crippen molar-refractivity contribution in [3.63, 3.8) is 0 Å². The van der Waals surface area contributed by atoms with Crippen LogP contribution in [0.4, 0.5) is 0 Å². The predicted octanol–water partition coefficient (Wildman–Crippen LogP) is 3.10. The third-order valence-electron chi connectivity index (χ3n) is 3.94. The Morgan fingerprint density at radius 1 is 1.52 bits per heavy atom. The van der Waals surface area contributed by atoms with Gasteiger partial charge in [-0.25, -0.2) is 4.99 Å². The van der Waals surface area contributed by atoms with E-state index in [0.29, 0.717) is 23.3 Å². The van der Waals surface area contributed by atoms with Gasteiger partial charge in [0.15, 0.2) is 5.96 Å². The maximum atomic E-state index is 9.00. The van der Waals surface area contributed by atoms with Crippen LogP contribution in [0.1, 0.15) is 31.9 Å². The summed E-state index contributed by atoms with van der Waals surface area (Å²) in [5.41, 5.74) is 1.77. The molecule has 1 atom stereocenters. The highest BCUT2D eigenvalue weighted by Gasteiger charge is 2.24. The van der Waals surface area contributed by atoms with Crippen LogP contribution in [0.15, 0.2) is 29.3 Å². The Morgan fingerprint density at radius 2 is 2.35 bits per heavy atom. The van der Waals surface area contributed by atoms with Gasteiger partial charge in [-0.1, -0.05) is 26.0 Å². The molecule has 0 radical (unpaired) electrons. The van der Waals surface area contributed by atoms with Gasteiger partial charge in [0.1, 0.15) is 0 Å². The molecule has 0 amide bonds. The van der Waals surface area contributed by atoms with Crippen molar-refractivity contribution in [2.75, 3.05) is 25.4 Å². The molecule has 1 heterocycles. The first-order chi connectivity index (χ1) is 11.1. The average molecular weight is 331 g/mol. The van der Waals surface area contributed by atoms with Crippen LogP contribution < -0.4 is 5.32 Å². The molecule has 2 rings (SSSR count). The quantitative estimate of drug-likeness (QED) is 0.681. The lowest BCUT2D eigenvalue weighted by Gasteiger charge is -2.36. The minimum absolute atomic E-state index is 0.605. The van der Waals surface area contributed by atoms with E-state index in [9.17, 15) is 0 Å². The van der Waals surface area contributed by atoms with Crippen LogP contribution >= 0.6 is 11.8 Å². The zero-order chi connectivity index (χ0) is 16.7. The number of nitrogens with zero attached hydrogens (tertiary/aromatic N) is 3. The number of nitriles is 1. The smallest absolute Gasteiger partial charge is 0.194 e. The van der Waals surface area contributed by atoms with Gasteiger partial charge in [0, 0.05) is 30.6 Å². The highest BCUT2D eigenvalue weighted by atomic mass is 32.2. The van der Waals surface area contributed by atoms with E-state index in [0.717, 1.165) is 36.9 Å². The maximum Gasteiger partial charge on any atom is 0.194 e. The van der Waals surface area contributed by atoms with Crippen LogP contribution in [0.5, 0.6) is 0 Å². The molecule has 1 aromatic carbocycles. The molecular formula is C18H26N4S. The molecule has 1 N–H and O–H groups in total. The Labute approximate surface area is 144 Å². The van der Waals surface area contributed by atoms with E-state index in [-0.39, 0.29) is 0 Å². The predicted molar refractivity (Wildman–Crippen MR) is 98.6 cm³/mol. The summed E-state index contributed by atoms with van der Waals surface area (Å²) in [6.07, 6.45) is 0. The van der Waals surface area contributed by atoms with Crippen molar-refractivity contribution in [2.24, 2.45) is 10.9 Å². The molecule has 0 spiro atoms. The van der Waals surface area contributed by atoms with Crippen LogP contribution in [0.3, 0.4) is 0 Å². The van der Waals surface area contributed by atoms with Gasteiger partial charge in [-0.05, 0) is 30.5 Å². The molecule has 23 heavy (non-hydrogen) atoms. The summed E-state index contributed by atoms with van der Waals surface area (Å²) in [4.78, 5) is 7.16. The third kappa shape index (κ3) is 5.18. The molecule has 0 aromatic heterocycles. The number of rotatable bonds is 4. The minimum Gasteiger partial charge on any atom is -0.357 e. The zero-order valence-corrected chi connectivity index (χ0v) is 15.1. The summed E-state index contributed by atoms with van der Waals surface area (Å²) in [5.74, 6) is 2.82. The monoisotopic (exact) mass is 330 g/mol. The van der Waals surface area contributed by atoms with Gasteiger partial charge in [-0.15, -0.1) is 0 Å². The van der Waals surface area contributed by atoms with Gasteiger partial charge in [-0.2, -0.15) is 17.0 Å². The van der Waals surface area contributed by atoms with Gasteiger partial charge in [0.25, 0.3) is 0 Å². The second kappa shape index (κ2) is 8.83. The Balaban J connectivity index is 2.08. The van der Waals surface area contributed by atoms with E-state index in [1.165, 1.54) is 0 Å². The summed E-state index contributed by atoms with van der Waals surface area (Å²) < 4.78 is 0. The number of aliphatic imine (C=N–C) groups is 1. The molecule has 1 aliphatic rings. The molecule has 4 nitrogen and oxygen atoms in total. The van der Waals surface area contributed by atoms with Crippen molar-refractivity contribution in [3.8, 4) is 6.07 Å². The van der Waals surface area contributed by atoms with E-state index in [1.54, 1.807) is 0 Å². The molecule has 1 aromatic rings. The summed E-state index contributed by atoms with van der Waals surface area (Å²) in [6.45, 7) is 10.2. The summed E-state index contributed by atoms with van der Waals surface area (Å²) in [6, 6.07) is 9.87. The normalized spacial score (nSPS) is 18.8. The fourth-order valence-corrected chi connectivity index (χ4v) is 3.90. The van der Waals surface area contributed by atoms with E-state index in [2.05, 4.69) is 48.8 Å². The first-order valence-electron chi connectivity index (χ1n) is 8.28. The highest BCUT2D eigenvalue weighted by molar-refractivity contribution is 8.00. The first-order valence-corrected chi connectivity index (χ1v) is 9.32. The summed E-state index contributed by atoms with van der Waals surface area (Å²) >= 11 is 2.07. The van der Waals surface area contributed by atoms with Crippen LogP contribution in [-0.2, 0) is 6.54 Å². The van der Waals surface area contributed by atoms with Crippen LogP contribution in [0.25, 0.3) is 0 Å². The lowest BCUT2D eigenvalue weighted by atomic mass is 10.1. The van der Waals surface area contributed by atoms with Crippen molar-refractivity contribution in [3.05, 3.63) is 35.4 Å². The highest BCUT2D eigenvalue weighted by Crippen LogP contribution is 2.24. The number of hydrogen-bond acceptors (Lipinski definition) is 3. The fourth-order valence-electron chi connectivity index (χ4n) is 2.60. The molecule has 1 aliphatic heterocycles. The van der Waals surface area contributed by atoms with Gasteiger partial charge in [0.2, 0.25) is 0 Å². The molecule has 1 saturated heterocycles. The zero-order valence-electron chi connectivity index (χ0n) is 14.2. The molecular weight excluding hydrogens is 304 g/mol. The Hall–Kier alpha value is -1.67. The minimum atomic E-state index is 0.605. The Bertz CT molecular complexity index is 577. The maximum absolute atomic E-state index is 9.00. The van der Waals surface area contributed by atoms with E-state index >= 15 is 0 Å². The van der Waals surface area contributed by atoms with E-state index in [1.807, 2.05) is 24.3 Å². The molecule has 0 bridgehead atoms. The third-order valence-corrected chi connectivity index (χ3v) is 5.48. The standard InChI is InChI=1S/C18H26N4S/c1-4-20-18(22-8-9-23-17(13-22)14(2)3)21-12-16-7-5-6-15(10-16)11-19/h5-7,10,14,17H,4,8-9,12-13H2,1-3H3,(H,20,21). The molecule has 0 aliphatic carbocycles. The van der Waals surface area contributed by atoms with Crippen molar-refractivity contribution >= 4 is 17.7 Å². The number of guanidine groups is 1. The van der Waals surface area contributed by atoms with Crippen molar-refractivity contribution in [1.29, 1.82) is 5.26 Å². The van der Waals surface area contributed by atoms with Gasteiger partial charge < -0.3 is 10.2 Å². The average Bonchev–Trinajstić information content (AvgIpc) is 2.59. The van der Waals surface area contributed by atoms with Crippen LogP contribution in [-0.4, -0.2) is 41.5 Å². The Kier molecular flexibility index (Phi) is 6.79. The molecule has 124 valence electrons. The van der Waals surface area contributed by atoms with Crippen molar-refractivity contribution in [2.45, 2.75) is 32.6 Å². The van der Waals surface area contributed by atoms with Gasteiger partial charge >= 0.3 is 0 Å². The second-order valence-electron chi connectivity index (χ2n) is 6.08. The van der Waals surface area contributed by atoms with Crippen LogP contribution in [0, 0.1) is 17.2 Å².